The minimum Gasteiger partial charge on any atom is -0.459 e. The van der Waals surface area contributed by atoms with E-state index in [4.69, 9.17) is 4.74 Å². The van der Waals surface area contributed by atoms with Crippen molar-refractivity contribution in [2.24, 2.45) is 0 Å². The molecule has 100 valence electrons. The Kier molecular flexibility index (Phi) is 5.74. The van der Waals surface area contributed by atoms with E-state index in [0.717, 1.165) is 0 Å². The van der Waals surface area contributed by atoms with Crippen LogP contribution in [-0.4, -0.2) is 36.4 Å². The molecule has 1 aromatic carbocycles. The minimum absolute atomic E-state index is 0.0874. The van der Waals surface area contributed by atoms with Gasteiger partial charge in [0.2, 0.25) is 0 Å². The van der Waals surface area contributed by atoms with Gasteiger partial charge in [0, 0.05) is 12.6 Å². The summed E-state index contributed by atoms with van der Waals surface area (Å²) in [4.78, 5) is 11.5. The number of benzene rings is 1. The lowest BCUT2D eigenvalue weighted by molar-refractivity contribution is 0.0256. The van der Waals surface area contributed by atoms with Gasteiger partial charge in [-0.05, 0) is 24.3 Å². The molecule has 1 unspecified atom stereocenters. The van der Waals surface area contributed by atoms with E-state index in [1.54, 1.807) is 0 Å². The van der Waals surface area contributed by atoms with Crippen molar-refractivity contribution in [1.29, 1.82) is 0 Å². The van der Waals surface area contributed by atoms with Gasteiger partial charge in [-0.2, -0.15) is 0 Å². The zero-order chi connectivity index (χ0) is 13.5. The third-order valence-electron chi connectivity index (χ3n) is 2.25. The highest BCUT2D eigenvalue weighted by molar-refractivity contribution is 5.89. The van der Waals surface area contributed by atoms with Crippen LogP contribution in [0.2, 0.25) is 0 Å². The molecule has 0 saturated carbocycles. The van der Waals surface area contributed by atoms with E-state index >= 15 is 0 Å². The molecule has 1 atom stereocenters. The van der Waals surface area contributed by atoms with Crippen molar-refractivity contribution in [3.8, 4) is 0 Å². The molecular weight excluding hydrogens is 237 g/mol. The number of hydrogen-bond donors (Lipinski definition) is 2. The second kappa shape index (κ2) is 7.08. The first-order valence-electron chi connectivity index (χ1n) is 5.83. The average molecular weight is 255 g/mol. The van der Waals surface area contributed by atoms with Gasteiger partial charge in [0.05, 0.1) is 5.56 Å². The van der Waals surface area contributed by atoms with Crippen LogP contribution in [0.4, 0.5) is 4.39 Å². The SMILES string of the molecule is CC(C)NCC(O)COC(=O)c1ccc(F)cc1. The fraction of sp³-hybridized carbons (Fsp3) is 0.462. The number of rotatable bonds is 6. The number of hydrogen-bond acceptors (Lipinski definition) is 4. The molecule has 0 spiro atoms. The summed E-state index contributed by atoms with van der Waals surface area (Å²) in [5, 5.41) is 12.6. The van der Waals surface area contributed by atoms with E-state index in [-0.39, 0.29) is 18.2 Å². The van der Waals surface area contributed by atoms with Gasteiger partial charge >= 0.3 is 5.97 Å². The summed E-state index contributed by atoms with van der Waals surface area (Å²) in [7, 11) is 0. The zero-order valence-corrected chi connectivity index (χ0v) is 10.5. The van der Waals surface area contributed by atoms with E-state index in [2.05, 4.69) is 5.32 Å². The maximum Gasteiger partial charge on any atom is 0.338 e. The number of aliphatic hydroxyl groups excluding tert-OH is 1. The standard InChI is InChI=1S/C13H18FNO3/c1-9(2)15-7-12(16)8-18-13(17)10-3-5-11(14)6-4-10/h3-6,9,12,15-16H,7-8H2,1-2H3. The summed E-state index contributed by atoms with van der Waals surface area (Å²) in [5.74, 6) is -0.980. The molecule has 0 saturated heterocycles. The van der Waals surface area contributed by atoms with Crippen LogP contribution >= 0.6 is 0 Å². The fourth-order valence-electron chi connectivity index (χ4n) is 1.27. The normalized spacial score (nSPS) is 12.5. The predicted molar refractivity (Wildman–Crippen MR) is 65.8 cm³/mol. The number of esters is 1. The van der Waals surface area contributed by atoms with Gasteiger partial charge in [-0.1, -0.05) is 13.8 Å². The predicted octanol–water partition coefficient (Wildman–Crippen LogP) is 1.34. The monoisotopic (exact) mass is 255 g/mol. The highest BCUT2D eigenvalue weighted by Gasteiger charge is 2.11. The first kappa shape index (κ1) is 14.6. The van der Waals surface area contributed by atoms with Gasteiger partial charge in [-0.3, -0.25) is 0 Å². The van der Waals surface area contributed by atoms with E-state index in [1.807, 2.05) is 13.8 Å². The quantitative estimate of drug-likeness (QED) is 0.753. The van der Waals surface area contributed by atoms with Gasteiger partial charge in [0.25, 0.3) is 0 Å². The van der Waals surface area contributed by atoms with Crippen molar-refractivity contribution in [2.45, 2.75) is 26.0 Å². The molecule has 0 aliphatic carbocycles. The third kappa shape index (κ3) is 5.25. The molecule has 2 N–H and O–H groups in total. The Hall–Kier alpha value is -1.46. The molecule has 0 radical (unpaired) electrons. The summed E-state index contributed by atoms with van der Waals surface area (Å²) >= 11 is 0. The van der Waals surface area contributed by atoms with Crippen molar-refractivity contribution in [1.82, 2.24) is 5.32 Å². The summed E-state index contributed by atoms with van der Waals surface area (Å²) in [5.41, 5.74) is 0.264. The number of carbonyl (C=O) groups is 1. The van der Waals surface area contributed by atoms with Gasteiger partial charge < -0.3 is 15.2 Å². The summed E-state index contributed by atoms with van der Waals surface area (Å²) in [6.07, 6.45) is -0.753. The lowest BCUT2D eigenvalue weighted by Gasteiger charge is -2.14. The van der Waals surface area contributed by atoms with E-state index in [1.165, 1.54) is 24.3 Å². The highest BCUT2D eigenvalue weighted by Crippen LogP contribution is 2.04. The number of aliphatic hydroxyl groups is 1. The van der Waals surface area contributed by atoms with Crippen LogP contribution in [0.3, 0.4) is 0 Å². The van der Waals surface area contributed by atoms with Crippen LogP contribution in [0.5, 0.6) is 0 Å². The molecule has 0 aromatic heterocycles. The molecule has 0 fully saturated rings. The van der Waals surface area contributed by atoms with Crippen molar-refractivity contribution >= 4 is 5.97 Å². The second-order valence-corrected chi connectivity index (χ2v) is 4.32. The number of ether oxygens (including phenoxy) is 1. The highest BCUT2D eigenvalue weighted by atomic mass is 19.1. The lowest BCUT2D eigenvalue weighted by Crippen LogP contribution is -2.35. The van der Waals surface area contributed by atoms with Crippen molar-refractivity contribution in [2.75, 3.05) is 13.2 Å². The Morgan fingerprint density at radius 2 is 2.00 bits per heavy atom. The molecule has 4 nitrogen and oxygen atoms in total. The average Bonchev–Trinajstić information content (AvgIpc) is 2.34. The topological polar surface area (TPSA) is 58.6 Å². The minimum atomic E-state index is -0.753. The van der Waals surface area contributed by atoms with Crippen molar-refractivity contribution in [3.05, 3.63) is 35.6 Å². The van der Waals surface area contributed by atoms with Gasteiger partial charge in [-0.25, -0.2) is 9.18 Å². The summed E-state index contributed by atoms with van der Waals surface area (Å²) in [6, 6.07) is 5.32. The molecule has 1 rings (SSSR count). The van der Waals surface area contributed by atoms with Crippen molar-refractivity contribution < 1.29 is 19.0 Å². The second-order valence-electron chi connectivity index (χ2n) is 4.32. The fourth-order valence-corrected chi connectivity index (χ4v) is 1.27. The molecule has 0 amide bonds. The Labute approximate surface area is 106 Å². The molecule has 0 aliphatic heterocycles. The van der Waals surface area contributed by atoms with Gasteiger partial charge in [0.1, 0.15) is 18.5 Å². The molecule has 1 aromatic rings. The first-order valence-corrected chi connectivity index (χ1v) is 5.83. The number of carbonyl (C=O) groups excluding carboxylic acids is 1. The van der Waals surface area contributed by atoms with Gasteiger partial charge in [0.15, 0.2) is 0 Å². The van der Waals surface area contributed by atoms with Crippen LogP contribution in [0.25, 0.3) is 0 Å². The smallest absolute Gasteiger partial charge is 0.338 e. The Bertz CT molecular complexity index is 378. The van der Waals surface area contributed by atoms with Crippen molar-refractivity contribution in [3.63, 3.8) is 0 Å². The molecule has 0 aliphatic rings. The van der Waals surface area contributed by atoms with E-state index < -0.39 is 17.9 Å². The number of nitrogens with one attached hydrogen (secondary N) is 1. The number of halogens is 1. The lowest BCUT2D eigenvalue weighted by atomic mass is 10.2. The Morgan fingerprint density at radius 1 is 1.39 bits per heavy atom. The Morgan fingerprint density at radius 3 is 2.56 bits per heavy atom. The zero-order valence-electron chi connectivity index (χ0n) is 10.5. The molecule has 5 heteroatoms. The molecular formula is C13H18FNO3. The van der Waals surface area contributed by atoms with Crippen LogP contribution in [0.15, 0.2) is 24.3 Å². The largest absolute Gasteiger partial charge is 0.459 e. The molecule has 0 bridgehead atoms. The van der Waals surface area contributed by atoms with Crippen LogP contribution in [0, 0.1) is 5.82 Å². The van der Waals surface area contributed by atoms with Crippen LogP contribution in [0.1, 0.15) is 24.2 Å². The van der Waals surface area contributed by atoms with Crippen LogP contribution < -0.4 is 5.32 Å². The van der Waals surface area contributed by atoms with E-state index in [0.29, 0.717) is 6.54 Å². The maximum atomic E-state index is 12.6. The maximum absolute atomic E-state index is 12.6. The summed E-state index contributed by atoms with van der Waals surface area (Å²) in [6.45, 7) is 4.18. The first-order chi connectivity index (χ1) is 8.49. The third-order valence-corrected chi connectivity index (χ3v) is 2.25. The molecule has 0 heterocycles. The molecule has 18 heavy (non-hydrogen) atoms. The summed E-state index contributed by atoms with van der Waals surface area (Å²) < 4.78 is 17.6. The van der Waals surface area contributed by atoms with Gasteiger partial charge in [-0.15, -0.1) is 0 Å². The van der Waals surface area contributed by atoms with Crippen LogP contribution in [-0.2, 0) is 4.74 Å². The Balaban J connectivity index is 2.34. The van der Waals surface area contributed by atoms with E-state index in [9.17, 15) is 14.3 Å².